The van der Waals surface area contributed by atoms with Crippen molar-refractivity contribution in [2.24, 2.45) is 0 Å². The lowest BCUT2D eigenvalue weighted by Crippen LogP contribution is -2.54. The van der Waals surface area contributed by atoms with Gasteiger partial charge in [0.15, 0.2) is 0 Å². The number of carbonyl (C=O) groups excluding carboxylic acids is 2. The fourth-order valence-electron chi connectivity index (χ4n) is 5.88. The molecule has 0 heterocycles. The molecule has 0 aromatic heterocycles. The Bertz CT molecular complexity index is 1730. The van der Waals surface area contributed by atoms with Crippen LogP contribution in [-0.2, 0) is 32.6 Å². The van der Waals surface area contributed by atoms with Crippen LogP contribution in [0.2, 0.25) is 0 Å². The van der Waals surface area contributed by atoms with Gasteiger partial charge in [-0.15, -0.1) is 0 Å². The number of hydrogen-bond donors (Lipinski definition) is 1. The molecule has 0 saturated heterocycles. The number of hydrogen-bond acceptors (Lipinski definition) is 5. The van der Waals surface area contributed by atoms with Crippen LogP contribution in [0.15, 0.2) is 119 Å². The number of anilines is 1. The minimum atomic E-state index is -4.17. The second kappa shape index (κ2) is 16.1. The lowest BCUT2D eigenvalue weighted by atomic mass is 10.0. The van der Waals surface area contributed by atoms with E-state index in [-0.39, 0.29) is 29.8 Å². The molecule has 1 N–H and O–H groups in total. The first kappa shape index (κ1) is 34.2. The van der Waals surface area contributed by atoms with E-state index in [1.54, 1.807) is 42.5 Å². The van der Waals surface area contributed by atoms with Crippen LogP contribution in [0.1, 0.15) is 43.7 Å². The smallest absolute Gasteiger partial charge is 0.264 e. The summed E-state index contributed by atoms with van der Waals surface area (Å²) in [4.78, 5) is 30.3. The van der Waals surface area contributed by atoms with E-state index < -0.39 is 28.5 Å². The third-order valence-corrected chi connectivity index (χ3v) is 10.5. The van der Waals surface area contributed by atoms with Crippen molar-refractivity contribution in [3.05, 3.63) is 125 Å². The van der Waals surface area contributed by atoms with Crippen molar-refractivity contribution in [2.75, 3.05) is 17.5 Å². The molecule has 1 unspecified atom stereocenters. The molecule has 1 aliphatic rings. The molecule has 0 spiro atoms. The van der Waals surface area contributed by atoms with Gasteiger partial charge in [-0.3, -0.25) is 13.9 Å². The number of rotatable bonds is 14. The fraction of sp³-hybridized carbons (Fsp3) is 0.297. The monoisotopic (exact) mass is 717 g/mol. The molecule has 2 amide bonds. The Labute approximate surface area is 285 Å². The highest BCUT2D eigenvalue weighted by atomic mass is 79.9. The van der Waals surface area contributed by atoms with Crippen molar-refractivity contribution < 1.29 is 22.7 Å². The van der Waals surface area contributed by atoms with Gasteiger partial charge in [0.1, 0.15) is 18.3 Å². The minimum absolute atomic E-state index is 0.0439. The molecular formula is C37H40BrN3O5S. The van der Waals surface area contributed by atoms with Gasteiger partial charge in [0.2, 0.25) is 11.8 Å². The van der Waals surface area contributed by atoms with Gasteiger partial charge < -0.3 is 15.0 Å². The summed E-state index contributed by atoms with van der Waals surface area (Å²) >= 11 is 3.53. The third-order valence-electron chi connectivity index (χ3n) is 8.26. The van der Waals surface area contributed by atoms with Gasteiger partial charge in [-0.1, -0.05) is 89.4 Å². The first-order chi connectivity index (χ1) is 22.7. The summed E-state index contributed by atoms with van der Waals surface area (Å²) in [5, 5.41) is 3.20. The SMILES string of the molecule is CCOc1ccc(N(CC(=O)N(Cc2cccc(Br)c2)C(Cc2ccccc2)C(=O)NC2CCCC2)S(=O)(=O)c2ccccc2)cc1. The second-order valence-corrected chi connectivity index (χ2v) is 14.4. The average Bonchev–Trinajstić information content (AvgIpc) is 3.59. The molecule has 1 fully saturated rings. The Balaban J connectivity index is 1.56. The van der Waals surface area contributed by atoms with Gasteiger partial charge in [0.05, 0.1) is 17.2 Å². The van der Waals surface area contributed by atoms with Gasteiger partial charge in [-0.2, -0.15) is 0 Å². The lowest BCUT2D eigenvalue weighted by molar-refractivity contribution is -0.140. The number of ether oxygens (including phenoxy) is 1. The molecule has 8 nitrogen and oxygen atoms in total. The lowest BCUT2D eigenvalue weighted by Gasteiger charge is -2.34. The number of sulfonamides is 1. The quantitative estimate of drug-likeness (QED) is 0.156. The molecule has 1 saturated carbocycles. The largest absolute Gasteiger partial charge is 0.494 e. The Morgan fingerprint density at radius 3 is 2.15 bits per heavy atom. The van der Waals surface area contributed by atoms with Crippen LogP contribution in [0.3, 0.4) is 0 Å². The summed E-state index contributed by atoms with van der Waals surface area (Å²) in [7, 11) is -4.17. The molecule has 4 aromatic rings. The molecule has 0 aliphatic heterocycles. The molecule has 0 bridgehead atoms. The summed E-state index contributed by atoms with van der Waals surface area (Å²) in [6, 6.07) is 31.0. The van der Waals surface area contributed by atoms with E-state index in [1.165, 1.54) is 17.0 Å². The van der Waals surface area contributed by atoms with Gasteiger partial charge in [0.25, 0.3) is 10.0 Å². The van der Waals surface area contributed by atoms with Crippen LogP contribution >= 0.6 is 15.9 Å². The van der Waals surface area contributed by atoms with Gasteiger partial charge in [-0.25, -0.2) is 8.42 Å². The van der Waals surface area contributed by atoms with Crippen molar-refractivity contribution in [1.82, 2.24) is 10.2 Å². The highest BCUT2D eigenvalue weighted by molar-refractivity contribution is 9.10. The Morgan fingerprint density at radius 2 is 1.51 bits per heavy atom. The number of halogens is 1. The zero-order chi connectivity index (χ0) is 33.2. The van der Waals surface area contributed by atoms with E-state index >= 15 is 0 Å². The molecule has 0 radical (unpaired) electrons. The highest BCUT2D eigenvalue weighted by Crippen LogP contribution is 2.27. The van der Waals surface area contributed by atoms with Crippen LogP contribution in [0.25, 0.3) is 0 Å². The number of nitrogens with zero attached hydrogens (tertiary/aromatic N) is 2. The summed E-state index contributed by atoms with van der Waals surface area (Å²) in [5.74, 6) is -0.161. The Hall–Kier alpha value is -4.15. The molecule has 47 heavy (non-hydrogen) atoms. The number of carbonyl (C=O) groups is 2. The number of nitrogens with one attached hydrogen (secondary N) is 1. The number of amides is 2. The third kappa shape index (κ3) is 9.02. The zero-order valence-corrected chi connectivity index (χ0v) is 28.8. The van der Waals surface area contributed by atoms with Crippen molar-refractivity contribution in [1.29, 1.82) is 0 Å². The molecule has 1 aliphatic carbocycles. The van der Waals surface area contributed by atoms with E-state index in [0.717, 1.165) is 45.6 Å². The Kier molecular flexibility index (Phi) is 11.7. The maximum atomic E-state index is 14.6. The van der Waals surface area contributed by atoms with Gasteiger partial charge in [0, 0.05) is 23.5 Å². The van der Waals surface area contributed by atoms with Crippen LogP contribution in [0.5, 0.6) is 5.75 Å². The molecule has 246 valence electrons. The zero-order valence-electron chi connectivity index (χ0n) is 26.4. The van der Waals surface area contributed by atoms with Crippen molar-refractivity contribution in [3.8, 4) is 5.75 Å². The topological polar surface area (TPSA) is 96.0 Å². The standard InChI is InChI=1S/C37H40BrN3O5S/c1-2-46-33-22-20-32(21-23-33)41(47(44,45)34-18-7-4-8-19-34)27-36(42)40(26-29-14-11-15-30(38)24-29)35(25-28-12-5-3-6-13-28)37(43)39-31-16-9-10-17-31/h3-8,11-15,18-24,31,35H,2,9-10,16-17,25-27H2,1H3,(H,39,43). The van der Waals surface area contributed by atoms with Gasteiger partial charge in [-0.05, 0) is 79.4 Å². The van der Waals surface area contributed by atoms with Crippen molar-refractivity contribution in [2.45, 2.75) is 62.6 Å². The first-order valence-electron chi connectivity index (χ1n) is 15.9. The van der Waals surface area contributed by atoms with Crippen LogP contribution < -0.4 is 14.4 Å². The molecular weight excluding hydrogens is 678 g/mol. The molecule has 10 heteroatoms. The average molecular weight is 719 g/mol. The number of benzene rings is 4. The van der Waals surface area contributed by atoms with E-state index in [0.29, 0.717) is 18.0 Å². The maximum Gasteiger partial charge on any atom is 0.264 e. The summed E-state index contributed by atoms with van der Waals surface area (Å²) in [6.45, 7) is 1.92. The normalized spacial score (nSPS) is 13.9. The van der Waals surface area contributed by atoms with E-state index in [9.17, 15) is 18.0 Å². The second-order valence-electron chi connectivity index (χ2n) is 11.6. The summed E-state index contributed by atoms with van der Waals surface area (Å²) < 4.78 is 35.9. The van der Waals surface area contributed by atoms with Crippen LogP contribution in [0.4, 0.5) is 5.69 Å². The van der Waals surface area contributed by atoms with E-state index in [4.69, 9.17) is 4.74 Å². The molecule has 5 rings (SSSR count). The van der Waals surface area contributed by atoms with Crippen LogP contribution in [0, 0.1) is 0 Å². The van der Waals surface area contributed by atoms with Crippen LogP contribution in [-0.4, -0.2) is 50.4 Å². The van der Waals surface area contributed by atoms with Crippen molar-refractivity contribution >= 4 is 43.5 Å². The fourth-order valence-corrected chi connectivity index (χ4v) is 7.76. The Morgan fingerprint density at radius 1 is 0.872 bits per heavy atom. The van der Waals surface area contributed by atoms with E-state index in [2.05, 4.69) is 21.2 Å². The summed E-state index contributed by atoms with van der Waals surface area (Å²) in [5.41, 5.74) is 2.01. The molecule has 4 aromatic carbocycles. The van der Waals surface area contributed by atoms with Gasteiger partial charge >= 0.3 is 0 Å². The summed E-state index contributed by atoms with van der Waals surface area (Å²) in [6.07, 6.45) is 4.15. The van der Waals surface area contributed by atoms with E-state index in [1.807, 2.05) is 61.5 Å². The highest BCUT2D eigenvalue weighted by Gasteiger charge is 2.35. The minimum Gasteiger partial charge on any atom is -0.494 e. The predicted molar refractivity (Wildman–Crippen MR) is 188 cm³/mol. The first-order valence-corrected chi connectivity index (χ1v) is 18.2. The maximum absolute atomic E-state index is 14.6. The predicted octanol–water partition coefficient (Wildman–Crippen LogP) is 6.74. The molecule has 1 atom stereocenters. The van der Waals surface area contributed by atoms with Crippen molar-refractivity contribution in [3.63, 3.8) is 0 Å².